The molecule has 0 aliphatic heterocycles. The van der Waals surface area contributed by atoms with Crippen LogP contribution in [0, 0.1) is 0 Å². The molecular weight excluding hydrogens is 400 g/mol. The van der Waals surface area contributed by atoms with Crippen LogP contribution in [0.15, 0.2) is 59.3 Å². The Morgan fingerprint density at radius 2 is 1.67 bits per heavy atom. The van der Waals surface area contributed by atoms with Gasteiger partial charge in [0.25, 0.3) is 0 Å². The summed E-state index contributed by atoms with van der Waals surface area (Å²) < 4.78 is 16.1. The number of benzene rings is 2. The van der Waals surface area contributed by atoms with Crippen LogP contribution in [0.25, 0.3) is 21.3 Å². The maximum Gasteiger partial charge on any atom is 0.164 e. The second kappa shape index (κ2) is 8.79. The van der Waals surface area contributed by atoms with E-state index in [1.54, 1.807) is 51.0 Å². The third-order valence-corrected chi connectivity index (χ3v) is 5.45. The van der Waals surface area contributed by atoms with E-state index >= 15 is 0 Å². The molecule has 2 aromatic carbocycles. The minimum Gasteiger partial charge on any atom is -0.496 e. The summed E-state index contributed by atoms with van der Waals surface area (Å²) in [4.78, 5) is 9.68. The molecule has 0 saturated heterocycles. The van der Waals surface area contributed by atoms with Crippen molar-refractivity contribution in [2.45, 2.75) is 0 Å². The lowest BCUT2D eigenvalue weighted by Gasteiger charge is -2.11. The molecule has 0 amide bonds. The number of aromatic nitrogens is 2. The van der Waals surface area contributed by atoms with E-state index in [1.807, 2.05) is 18.2 Å². The van der Waals surface area contributed by atoms with Gasteiger partial charge in [0.2, 0.25) is 0 Å². The number of rotatable bonds is 7. The SMILES string of the molecule is COc1cc(OC)c(OC)cc1/C=N/Nc1ncnc2scc(-c3ccccc3)c12. The maximum atomic E-state index is 5.45. The van der Waals surface area contributed by atoms with Gasteiger partial charge in [-0.05, 0) is 11.6 Å². The van der Waals surface area contributed by atoms with Crippen LogP contribution >= 0.6 is 11.3 Å². The third-order valence-electron chi connectivity index (χ3n) is 4.57. The second-order valence-corrected chi connectivity index (χ2v) is 7.10. The van der Waals surface area contributed by atoms with Gasteiger partial charge in [0.05, 0.1) is 32.9 Å². The first-order valence-electron chi connectivity index (χ1n) is 9.12. The van der Waals surface area contributed by atoms with Gasteiger partial charge in [0.15, 0.2) is 17.3 Å². The van der Waals surface area contributed by atoms with E-state index in [-0.39, 0.29) is 0 Å². The van der Waals surface area contributed by atoms with Crippen LogP contribution in [0.5, 0.6) is 17.2 Å². The third kappa shape index (κ3) is 3.77. The van der Waals surface area contributed by atoms with Crippen molar-refractivity contribution in [2.75, 3.05) is 26.8 Å². The van der Waals surface area contributed by atoms with Gasteiger partial charge in [0.1, 0.15) is 16.9 Å². The minimum atomic E-state index is 0.586. The molecule has 0 spiro atoms. The molecule has 8 heteroatoms. The number of thiophene rings is 1. The van der Waals surface area contributed by atoms with Crippen LogP contribution in [-0.4, -0.2) is 37.5 Å². The van der Waals surface area contributed by atoms with Crippen LogP contribution < -0.4 is 19.6 Å². The Balaban J connectivity index is 1.68. The summed E-state index contributed by atoms with van der Waals surface area (Å²) in [6.45, 7) is 0. The molecule has 152 valence electrons. The molecule has 4 rings (SSSR count). The van der Waals surface area contributed by atoms with Crippen LogP contribution in [0.3, 0.4) is 0 Å². The standard InChI is InChI=1S/C22H20N4O3S/c1-27-17-10-19(29-3)18(28-2)9-15(17)11-25-26-21-20-16(14-7-5-4-6-8-14)12-30-22(20)24-13-23-21/h4-13H,1-3H3,(H,23,24,26)/b25-11+. The van der Waals surface area contributed by atoms with Gasteiger partial charge >= 0.3 is 0 Å². The molecule has 0 bridgehead atoms. The number of methoxy groups -OCH3 is 3. The van der Waals surface area contributed by atoms with Crippen molar-refractivity contribution in [1.82, 2.24) is 9.97 Å². The zero-order valence-electron chi connectivity index (χ0n) is 16.7. The Kier molecular flexibility index (Phi) is 5.76. The average molecular weight is 420 g/mol. The molecule has 2 heterocycles. The highest BCUT2D eigenvalue weighted by atomic mass is 32.1. The molecule has 30 heavy (non-hydrogen) atoms. The molecular formula is C22H20N4O3S. The normalized spacial score (nSPS) is 11.0. The number of anilines is 1. The lowest BCUT2D eigenvalue weighted by atomic mass is 10.1. The van der Waals surface area contributed by atoms with Gasteiger partial charge in [-0.25, -0.2) is 9.97 Å². The Morgan fingerprint density at radius 1 is 0.933 bits per heavy atom. The Bertz CT molecular complexity index is 1190. The van der Waals surface area contributed by atoms with E-state index in [2.05, 4.69) is 38.0 Å². The number of ether oxygens (including phenoxy) is 3. The topological polar surface area (TPSA) is 77.9 Å². The quantitative estimate of drug-likeness (QED) is 0.341. The van der Waals surface area contributed by atoms with Gasteiger partial charge in [-0.2, -0.15) is 5.10 Å². The molecule has 0 aliphatic carbocycles. The largest absolute Gasteiger partial charge is 0.496 e. The van der Waals surface area contributed by atoms with Gasteiger partial charge in [-0.15, -0.1) is 11.3 Å². The van der Waals surface area contributed by atoms with Crippen molar-refractivity contribution in [2.24, 2.45) is 5.10 Å². The van der Waals surface area contributed by atoms with Crippen LogP contribution in [0.1, 0.15) is 5.56 Å². The fourth-order valence-electron chi connectivity index (χ4n) is 3.11. The zero-order chi connectivity index (χ0) is 20.9. The summed E-state index contributed by atoms with van der Waals surface area (Å²) in [7, 11) is 4.76. The van der Waals surface area contributed by atoms with E-state index in [1.165, 1.54) is 6.33 Å². The molecule has 7 nitrogen and oxygen atoms in total. The number of nitrogens with one attached hydrogen (secondary N) is 1. The smallest absolute Gasteiger partial charge is 0.164 e. The number of hydrazone groups is 1. The summed E-state index contributed by atoms with van der Waals surface area (Å²) >= 11 is 1.57. The van der Waals surface area contributed by atoms with E-state index in [4.69, 9.17) is 14.2 Å². The highest BCUT2D eigenvalue weighted by Crippen LogP contribution is 2.36. The molecule has 0 atom stereocenters. The first-order valence-corrected chi connectivity index (χ1v) is 9.99. The minimum absolute atomic E-state index is 0.586. The zero-order valence-corrected chi connectivity index (χ0v) is 17.6. The van der Waals surface area contributed by atoms with Gasteiger partial charge in [0, 0.05) is 22.6 Å². The number of hydrogen-bond acceptors (Lipinski definition) is 8. The average Bonchev–Trinajstić information content (AvgIpc) is 3.24. The van der Waals surface area contributed by atoms with Gasteiger partial charge < -0.3 is 14.2 Å². The monoisotopic (exact) mass is 420 g/mol. The molecule has 0 fully saturated rings. The van der Waals surface area contributed by atoms with Crippen molar-refractivity contribution < 1.29 is 14.2 Å². The van der Waals surface area contributed by atoms with E-state index < -0.39 is 0 Å². The summed E-state index contributed by atoms with van der Waals surface area (Å²) in [5, 5.41) is 7.40. The highest BCUT2D eigenvalue weighted by Gasteiger charge is 2.13. The molecule has 1 N–H and O–H groups in total. The first kappa shape index (κ1) is 19.7. The van der Waals surface area contributed by atoms with Crippen molar-refractivity contribution in [1.29, 1.82) is 0 Å². The first-order chi connectivity index (χ1) is 14.7. The summed E-state index contributed by atoms with van der Waals surface area (Å²) in [6.07, 6.45) is 3.19. The van der Waals surface area contributed by atoms with Gasteiger partial charge in [-0.1, -0.05) is 30.3 Å². The molecule has 4 aromatic rings. The summed E-state index contributed by atoms with van der Waals surface area (Å²) in [5.41, 5.74) is 5.96. The number of hydrogen-bond donors (Lipinski definition) is 1. The van der Waals surface area contributed by atoms with Gasteiger partial charge in [-0.3, -0.25) is 5.43 Å². The van der Waals surface area contributed by atoms with Crippen LogP contribution in [0.2, 0.25) is 0 Å². The highest BCUT2D eigenvalue weighted by molar-refractivity contribution is 7.17. The van der Waals surface area contributed by atoms with E-state index in [0.29, 0.717) is 23.1 Å². The Labute approximate surface area is 178 Å². The van der Waals surface area contributed by atoms with Crippen molar-refractivity contribution in [3.63, 3.8) is 0 Å². The Morgan fingerprint density at radius 3 is 2.40 bits per heavy atom. The number of fused-ring (bicyclic) bond motifs is 1. The van der Waals surface area contributed by atoms with Crippen molar-refractivity contribution in [3.8, 4) is 28.4 Å². The fourth-order valence-corrected chi connectivity index (χ4v) is 4.02. The lowest BCUT2D eigenvalue weighted by molar-refractivity contribution is 0.349. The summed E-state index contributed by atoms with van der Waals surface area (Å²) in [5.74, 6) is 2.43. The van der Waals surface area contributed by atoms with Crippen molar-refractivity contribution >= 4 is 33.6 Å². The summed E-state index contributed by atoms with van der Waals surface area (Å²) in [6, 6.07) is 13.7. The van der Waals surface area contributed by atoms with E-state index in [0.717, 1.165) is 26.9 Å². The number of nitrogens with zero attached hydrogens (tertiary/aromatic N) is 3. The Hall–Kier alpha value is -3.65. The predicted molar refractivity (Wildman–Crippen MR) is 120 cm³/mol. The lowest BCUT2D eigenvalue weighted by Crippen LogP contribution is -1.99. The molecule has 0 radical (unpaired) electrons. The second-order valence-electron chi connectivity index (χ2n) is 6.24. The molecule has 0 saturated carbocycles. The molecule has 2 aromatic heterocycles. The molecule has 0 aliphatic rings. The van der Waals surface area contributed by atoms with Crippen molar-refractivity contribution in [3.05, 3.63) is 59.7 Å². The molecule has 0 unspecified atom stereocenters. The van der Waals surface area contributed by atoms with E-state index in [9.17, 15) is 0 Å². The van der Waals surface area contributed by atoms with Crippen LogP contribution in [-0.2, 0) is 0 Å². The van der Waals surface area contributed by atoms with Crippen LogP contribution in [0.4, 0.5) is 5.82 Å². The predicted octanol–water partition coefficient (Wildman–Crippen LogP) is 4.83. The fraction of sp³-hybridized carbons (Fsp3) is 0.136. The maximum absolute atomic E-state index is 5.45.